The molecule has 9 heteroatoms. The Balaban J connectivity index is 1.60. The first-order valence-electron chi connectivity index (χ1n) is 9.42. The van der Waals surface area contributed by atoms with Crippen LogP contribution in [0.4, 0.5) is 5.82 Å². The number of rotatable bonds is 5. The van der Waals surface area contributed by atoms with Crippen molar-refractivity contribution in [3.05, 3.63) is 77.1 Å². The first-order valence-corrected chi connectivity index (χ1v) is 10.3. The van der Waals surface area contributed by atoms with E-state index in [1.54, 1.807) is 17.5 Å². The van der Waals surface area contributed by atoms with Crippen molar-refractivity contribution in [1.29, 1.82) is 0 Å². The SMILES string of the molecule is Nc1nc(-c2ncco2)c(-c2ccc3ncccc3c2)nc1C(=O)NCc1cccs1. The maximum Gasteiger partial charge on any atom is 0.274 e. The molecule has 4 aromatic heterocycles. The third kappa shape index (κ3) is 3.74. The molecule has 0 spiro atoms. The Morgan fingerprint density at radius 1 is 1.06 bits per heavy atom. The molecule has 0 bridgehead atoms. The number of aromatic nitrogens is 4. The summed E-state index contributed by atoms with van der Waals surface area (Å²) >= 11 is 1.56. The number of hydrogen-bond acceptors (Lipinski definition) is 8. The standard InChI is InChI=1S/C22H16N6O2S/c23-20-19(21(29)26-12-15-4-2-10-31-15)27-17(18(28-20)22-25-8-9-30-22)14-5-6-16-13(11-14)3-1-7-24-16/h1-11H,12H2,(H2,23,28)(H,26,29). The van der Waals surface area contributed by atoms with Gasteiger partial charge in [-0.1, -0.05) is 18.2 Å². The monoisotopic (exact) mass is 428 g/mol. The minimum Gasteiger partial charge on any atom is -0.443 e. The van der Waals surface area contributed by atoms with Gasteiger partial charge in [-0.05, 0) is 29.6 Å². The van der Waals surface area contributed by atoms with Gasteiger partial charge in [0.2, 0.25) is 5.89 Å². The van der Waals surface area contributed by atoms with Gasteiger partial charge in [-0.15, -0.1) is 11.3 Å². The van der Waals surface area contributed by atoms with Crippen molar-refractivity contribution in [2.45, 2.75) is 6.54 Å². The van der Waals surface area contributed by atoms with E-state index >= 15 is 0 Å². The Hall–Kier alpha value is -4.11. The molecule has 0 unspecified atom stereocenters. The van der Waals surface area contributed by atoms with Gasteiger partial charge in [-0.25, -0.2) is 15.0 Å². The molecule has 5 rings (SSSR count). The number of pyridine rings is 1. The number of nitrogens with two attached hydrogens (primary N) is 1. The number of benzene rings is 1. The average molecular weight is 428 g/mol. The van der Waals surface area contributed by atoms with E-state index in [0.717, 1.165) is 21.3 Å². The van der Waals surface area contributed by atoms with E-state index in [4.69, 9.17) is 10.2 Å². The molecule has 0 atom stereocenters. The molecule has 152 valence electrons. The van der Waals surface area contributed by atoms with Crippen LogP contribution in [0.3, 0.4) is 0 Å². The Morgan fingerprint density at radius 3 is 2.81 bits per heavy atom. The summed E-state index contributed by atoms with van der Waals surface area (Å²) in [5.74, 6) is -0.129. The Bertz CT molecular complexity index is 1370. The zero-order chi connectivity index (χ0) is 21.2. The van der Waals surface area contributed by atoms with Gasteiger partial charge >= 0.3 is 0 Å². The van der Waals surface area contributed by atoms with Crippen LogP contribution in [0.25, 0.3) is 33.7 Å². The summed E-state index contributed by atoms with van der Waals surface area (Å²) in [5.41, 5.74) is 8.55. The van der Waals surface area contributed by atoms with Gasteiger partial charge in [0.15, 0.2) is 17.2 Å². The average Bonchev–Trinajstić information content (AvgIpc) is 3.51. The number of nitrogens with zero attached hydrogens (tertiary/aromatic N) is 4. The van der Waals surface area contributed by atoms with Gasteiger partial charge in [0.05, 0.1) is 18.3 Å². The van der Waals surface area contributed by atoms with Crippen molar-refractivity contribution >= 4 is 34.0 Å². The summed E-state index contributed by atoms with van der Waals surface area (Å²) in [7, 11) is 0. The number of hydrogen-bond donors (Lipinski definition) is 2. The molecule has 0 fully saturated rings. The van der Waals surface area contributed by atoms with Gasteiger partial charge in [0, 0.05) is 22.0 Å². The maximum atomic E-state index is 12.8. The highest BCUT2D eigenvalue weighted by Crippen LogP contribution is 2.31. The van der Waals surface area contributed by atoms with Crippen molar-refractivity contribution in [1.82, 2.24) is 25.3 Å². The predicted octanol–water partition coefficient (Wildman–Crippen LogP) is 3.92. The van der Waals surface area contributed by atoms with Crippen LogP contribution < -0.4 is 11.1 Å². The van der Waals surface area contributed by atoms with E-state index in [0.29, 0.717) is 17.9 Å². The molecular formula is C22H16N6O2S. The fraction of sp³-hybridized carbons (Fsp3) is 0.0455. The van der Waals surface area contributed by atoms with Crippen molar-refractivity contribution in [2.24, 2.45) is 0 Å². The van der Waals surface area contributed by atoms with Gasteiger partial charge in [0.25, 0.3) is 5.91 Å². The van der Waals surface area contributed by atoms with Gasteiger partial charge in [-0.2, -0.15) is 0 Å². The number of fused-ring (bicyclic) bond motifs is 1. The fourth-order valence-electron chi connectivity index (χ4n) is 3.19. The minimum atomic E-state index is -0.402. The maximum absolute atomic E-state index is 12.8. The Morgan fingerprint density at radius 2 is 2.00 bits per heavy atom. The van der Waals surface area contributed by atoms with Gasteiger partial charge in [-0.3, -0.25) is 9.78 Å². The fourth-order valence-corrected chi connectivity index (χ4v) is 3.84. The van der Waals surface area contributed by atoms with E-state index in [2.05, 4.69) is 25.3 Å². The summed E-state index contributed by atoms with van der Waals surface area (Å²) < 4.78 is 5.44. The number of nitrogen functional groups attached to an aromatic ring is 1. The second-order valence-corrected chi connectivity index (χ2v) is 7.70. The molecule has 5 aromatic rings. The number of amides is 1. The number of carbonyl (C=O) groups excluding carboxylic acids is 1. The zero-order valence-corrected chi connectivity index (χ0v) is 17.0. The highest BCUT2D eigenvalue weighted by atomic mass is 32.1. The molecule has 0 aliphatic rings. The Labute approximate surface area is 180 Å². The highest BCUT2D eigenvalue weighted by molar-refractivity contribution is 7.09. The van der Waals surface area contributed by atoms with E-state index in [9.17, 15) is 4.79 Å². The lowest BCUT2D eigenvalue weighted by Crippen LogP contribution is -2.25. The van der Waals surface area contributed by atoms with Crippen molar-refractivity contribution < 1.29 is 9.21 Å². The van der Waals surface area contributed by atoms with Crippen molar-refractivity contribution in [3.8, 4) is 22.8 Å². The number of nitrogens with one attached hydrogen (secondary N) is 1. The first-order chi connectivity index (χ1) is 15.2. The summed E-state index contributed by atoms with van der Waals surface area (Å²) in [4.78, 5) is 31.4. The first kappa shape index (κ1) is 18.9. The van der Waals surface area contributed by atoms with E-state index in [1.165, 1.54) is 12.5 Å². The largest absolute Gasteiger partial charge is 0.443 e. The van der Waals surface area contributed by atoms with Crippen LogP contribution >= 0.6 is 11.3 Å². The molecule has 4 heterocycles. The normalized spacial score (nSPS) is 11.0. The summed E-state index contributed by atoms with van der Waals surface area (Å²) in [6.07, 6.45) is 4.70. The Kier molecular flexibility index (Phi) is 4.85. The van der Waals surface area contributed by atoms with Gasteiger partial charge in [0.1, 0.15) is 12.0 Å². The summed E-state index contributed by atoms with van der Waals surface area (Å²) in [6.45, 7) is 0.385. The highest BCUT2D eigenvalue weighted by Gasteiger charge is 2.22. The second-order valence-electron chi connectivity index (χ2n) is 6.66. The molecule has 0 saturated carbocycles. The molecule has 0 saturated heterocycles. The van der Waals surface area contributed by atoms with Crippen molar-refractivity contribution in [2.75, 3.05) is 5.73 Å². The minimum absolute atomic E-state index is 0.00286. The van der Waals surface area contributed by atoms with Crippen LogP contribution in [-0.4, -0.2) is 25.8 Å². The lowest BCUT2D eigenvalue weighted by molar-refractivity contribution is 0.0947. The van der Waals surface area contributed by atoms with Gasteiger partial charge < -0.3 is 15.5 Å². The number of oxazole rings is 1. The van der Waals surface area contributed by atoms with Crippen LogP contribution in [0.2, 0.25) is 0 Å². The molecule has 1 aromatic carbocycles. The van der Waals surface area contributed by atoms with E-state index in [-0.39, 0.29) is 17.4 Å². The second kappa shape index (κ2) is 7.96. The zero-order valence-electron chi connectivity index (χ0n) is 16.1. The summed E-state index contributed by atoms with van der Waals surface area (Å²) in [5, 5.41) is 5.73. The predicted molar refractivity (Wildman–Crippen MR) is 118 cm³/mol. The van der Waals surface area contributed by atoms with E-state index < -0.39 is 5.91 Å². The third-order valence-corrected chi connectivity index (χ3v) is 5.53. The van der Waals surface area contributed by atoms with Crippen LogP contribution in [-0.2, 0) is 6.54 Å². The molecule has 1 amide bonds. The summed E-state index contributed by atoms with van der Waals surface area (Å²) in [6, 6.07) is 13.4. The lowest BCUT2D eigenvalue weighted by Gasteiger charge is -2.11. The van der Waals surface area contributed by atoms with Crippen LogP contribution in [0, 0.1) is 0 Å². The van der Waals surface area contributed by atoms with E-state index in [1.807, 2.05) is 47.8 Å². The number of thiophene rings is 1. The molecule has 3 N–H and O–H groups in total. The number of carbonyl (C=O) groups is 1. The molecule has 31 heavy (non-hydrogen) atoms. The topological polar surface area (TPSA) is 120 Å². The molecule has 0 radical (unpaired) electrons. The quantitative estimate of drug-likeness (QED) is 0.435. The third-order valence-electron chi connectivity index (χ3n) is 4.65. The smallest absolute Gasteiger partial charge is 0.274 e. The van der Waals surface area contributed by atoms with Crippen LogP contribution in [0.1, 0.15) is 15.4 Å². The molecule has 0 aliphatic carbocycles. The lowest BCUT2D eigenvalue weighted by atomic mass is 10.1. The van der Waals surface area contributed by atoms with Crippen LogP contribution in [0.15, 0.2) is 70.9 Å². The molecular weight excluding hydrogens is 412 g/mol. The van der Waals surface area contributed by atoms with Crippen LogP contribution in [0.5, 0.6) is 0 Å². The number of anilines is 1. The van der Waals surface area contributed by atoms with Crippen molar-refractivity contribution in [3.63, 3.8) is 0 Å². The molecule has 8 nitrogen and oxygen atoms in total. The molecule has 0 aliphatic heterocycles.